The van der Waals surface area contributed by atoms with Gasteiger partial charge in [-0.1, -0.05) is 42.5 Å². The highest BCUT2D eigenvalue weighted by Crippen LogP contribution is 2.27. The first-order valence-electron chi connectivity index (χ1n) is 9.02. The van der Waals surface area contributed by atoms with E-state index in [2.05, 4.69) is 17.4 Å². The lowest BCUT2D eigenvalue weighted by Crippen LogP contribution is -2.40. The van der Waals surface area contributed by atoms with Crippen molar-refractivity contribution < 1.29 is 9.53 Å². The van der Waals surface area contributed by atoms with Crippen LogP contribution in [0.5, 0.6) is 5.75 Å². The van der Waals surface area contributed by atoms with Crippen molar-refractivity contribution in [2.75, 3.05) is 26.2 Å². The topological polar surface area (TPSA) is 41.6 Å². The zero-order chi connectivity index (χ0) is 17.2. The van der Waals surface area contributed by atoms with E-state index in [0.29, 0.717) is 11.8 Å². The van der Waals surface area contributed by atoms with Crippen molar-refractivity contribution in [3.63, 3.8) is 0 Å². The highest BCUT2D eigenvalue weighted by molar-refractivity contribution is 5.85. The molecule has 2 aliphatic rings. The Hall–Kier alpha value is -2.04. The molecule has 2 aromatic rings. The molecular weight excluding hydrogens is 348 g/mol. The molecule has 3 atom stereocenters. The number of benzene rings is 2. The van der Waals surface area contributed by atoms with Gasteiger partial charge in [0.1, 0.15) is 5.75 Å². The zero-order valence-electron chi connectivity index (χ0n) is 14.9. The number of carbonyl (C=O) groups is 1. The van der Waals surface area contributed by atoms with Crippen LogP contribution >= 0.6 is 12.4 Å². The maximum Gasteiger partial charge on any atom is 0.263 e. The lowest BCUT2D eigenvalue weighted by atomic mass is 10.0. The summed E-state index contributed by atoms with van der Waals surface area (Å²) < 4.78 is 5.89. The van der Waals surface area contributed by atoms with Gasteiger partial charge in [-0.25, -0.2) is 0 Å². The van der Waals surface area contributed by atoms with Crippen molar-refractivity contribution in [3.8, 4) is 16.9 Å². The quantitative estimate of drug-likeness (QED) is 0.896. The van der Waals surface area contributed by atoms with E-state index in [1.165, 1.54) is 5.56 Å². The van der Waals surface area contributed by atoms with E-state index >= 15 is 0 Å². The molecule has 0 spiro atoms. The molecule has 0 radical (unpaired) electrons. The van der Waals surface area contributed by atoms with Crippen molar-refractivity contribution in [2.45, 2.75) is 13.0 Å². The first kappa shape index (κ1) is 18.7. The number of nitrogens with zero attached hydrogens (tertiary/aromatic N) is 1. The van der Waals surface area contributed by atoms with Crippen LogP contribution < -0.4 is 10.1 Å². The lowest BCUT2D eigenvalue weighted by Gasteiger charge is -2.22. The Bertz CT molecular complexity index is 723. The zero-order valence-corrected chi connectivity index (χ0v) is 15.7. The van der Waals surface area contributed by atoms with Gasteiger partial charge in [-0.3, -0.25) is 4.79 Å². The third-order valence-electron chi connectivity index (χ3n) is 5.32. The van der Waals surface area contributed by atoms with E-state index < -0.39 is 6.10 Å². The van der Waals surface area contributed by atoms with Gasteiger partial charge in [0.15, 0.2) is 6.10 Å². The Balaban J connectivity index is 0.00000196. The standard InChI is InChI=1S/C21H24N2O2.ClH/c1-15(21(24)23-13-18-11-22-12-19(18)14-23)25-20-9-7-17(8-10-20)16-5-3-2-4-6-16;/h2-10,15,18-19,22H,11-14H2,1H3;1H/t15?,18-,19+;. The minimum absolute atomic E-state index is 0. The summed E-state index contributed by atoms with van der Waals surface area (Å²) in [5, 5.41) is 3.40. The van der Waals surface area contributed by atoms with Gasteiger partial charge in [0.05, 0.1) is 0 Å². The predicted octanol–water partition coefficient (Wildman–Crippen LogP) is 3.22. The lowest BCUT2D eigenvalue weighted by molar-refractivity contribution is -0.137. The maximum absolute atomic E-state index is 12.6. The Kier molecular flexibility index (Phi) is 5.84. The summed E-state index contributed by atoms with van der Waals surface area (Å²) in [6.45, 7) is 5.63. The summed E-state index contributed by atoms with van der Waals surface area (Å²) in [6, 6.07) is 18.2. The molecule has 1 amide bonds. The summed E-state index contributed by atoms with van der Waals surface area (Å²) in [6.07, 6.45) is -0.450. The number of hydrogen-bond donors (Lipinski definition) is 1. The Morgan fingerprint density at radius 1 is 1.00 bits per heavy atom. The molecule has 26 heavy (non-hydrogen) atoms. The van der Waals surface area contributed by atoms with Crippen LogP contribution in [0.2, 0.25) is 0 Å². The van der Waals surface area contributed by atoms with Gasteiger partial charge >= 0.3 is 0 Å². The molecule has 0 aliphatic carbocycles. The Morgan fingerprint density at radius 3 is 2.19 bits per heavy atom. The Morgan fingerprint density at radius 2 is 1.58 bits per heavy atom. The van der Waals surface area contributed by atoms with Gasteiger partial charge in [0.25, 0.3) is 5.91 Å². The van der Waals surface area contributed by atoms with Crippen LogP contribution in [0.4, 0.5) is 0 Å². The maximum atomic E-state index is 12.6. The molecule has 5 heteroatoms. The summed E-state index contributed by atoms with van der Waals surface area (Å²) in [5.74, 6) is 2.06. The van der Waals surface area contributed by atoms with E-state index in [0.717, 1.165) is 37.5 Å². The summed E-state index contributed by atoms with van der Waals surface area (Å²) in [7, 11) is 0. The van der Waals surface area contributed by atoms with Crippen molar-refractivity contribution in [1.29, 1.82) is 0 Å². The molecule has 2 saturated heterocycles. The smallest absolute Gasteiger partial charge is 0.263 e. The number of nitrogens with one attached hydrogen (secondary N) is 1. The molecule has 0 aromatic heterocycles. The van der Waals surface area contributed by atoms with Crippen molar-refractivity contribution >= 4 is 18.3 Å². The average Bonchev–Trinajstić information content (AvgIpc) is 3.24. The molecule has 1 unspecified atom stereocenters. The van der Waals surface area contributed by atoms with Crippen LogP contribution in [0.3, 0.4) is 0 Å². The minimum Gasteiger partial charge on any atom is -0.481 e. The average molecular weight is 373 g/mol. The summed E-state index contributed by atoms with van der Waals surface area (Å²) >= 11 is 0. The van der Waals surface area contributed by atoms with Crippen molar-refractivity contribution in [3.05, 3.63) is 54.6 Å². The van der Waals surface area contributed by atoms with E-state index in [-0.39, 0.29) is 18.3 Å². The second-order valence-corrected chi connectivity index (χ2v) is 7.07. The van der Waals surface area contributed by atoms with Gasteiger partial charge in [0, 0.05) is 26.2 Å². The van der Waals surface area contributed by atoms with Crippen LogP contribution in [0.15, 0.2) is 54.6 Å². The predicted molar refractivity (Wildman–Crippen MR) is 106 cm³/mol. The highest BCUT2D eigenvalue weighted by Gasteiger charge is 2.39. The first-order chi connectivity index (χ1) is 12.2. The fourth-order valence-electron chi connectivity index (χ4n) is 3.90. The summed E-state index contributed by atoms with van der Waals surface area (Å²) in [5.41, 5.74) is 2.32. The number of carbonyl (C=O) groups excluding carboxylic acids is 1. The van der Waals surface area contributed by atoms with Crippen LogP contribution in [0.25, 0.3) is 11.1 Å². The second-order valence-electron chi connectivity index (χ2n) is 7.07. The number of hydrogen-bond acceptors (Lipinski definition) is 3. The van der Waals surface area contributed by atoms with Gasteiger partial charge in [-0.05, 0) is 42.0 Å². The molecule has 2 aliphatic heterocycles. The fourth-order valence-corrected chi connectivity index (χ4v) is 3.90. The van der Waals surface area contributed by atoms with Crippen LogP contribution in [-0.2, 0) is 4.79 Å². The number of fused-ring (bicyclic) bond motifs is 1. The molecule has 4 rings (SSSR count). The number of amides is 1. The SMILES string of the molecule is CC(Oc1ccc(-c2ccccc2)cc1)C(=O)N1C[C@H]2CNC[C@H]2C1.Cl. The van der Waals surface area contributed by atoms with E-state index in [9.17, 15) is 4.79 Å². The number of ether oxygens (including phenoxy) is 1. The van der Waals surface area contributed by atoms with Crippen molar-refractivity contribution in [1.82, 2.24) is 10.2 Å². The number of halogens is 1. The third-order valence-corrected chi connectivity index (χ3v) is 5.32. The Labute approximate surface area is 160 Å². The van der Waals surface area contributed by atoms with Gasteiger partial charge in [-0.15, -0.1) is 12.4 Å². The number of rotatable bonds is 4. The molecule has 2 aromatic carbocycles. The van der Waals surface area contributed by atoms with E-state index in [1.54, 1.807) is 0 Å². The van der Waals surface area contributed by atoms with Gasteiger partial charge in [-0.2, -0.15) is 0 Å². The van der Waals surface area contributed by atoms with Crippen LogP contribution in [0.1, 0.15) is 6.92 Å². The molecule has 2 fully saturated rings. The molecule has 0 bridgehead atoms. The van der Waals surface area contributed by atoms with E-state index in [1.807, 2.05) is 54.3 Å². The molecular formula is C21H25ClN2O2. The monoisotopic (exact) mass is 372 g/mol. The summed E-state index contributed by atoms with van der Waals surface area (Å²) in [4.78, 5) is 14.6. The largest absolute Gasteiger partial charge is 0.481 e. The minimum atomic E-state index is -0.450. The molecule has 1 N–H and O–H groups in total. The normalized spacial score (nSPS) is 22.4. The molecule has 2 heterocycles. The number of likely N-dealkylation sites (tertiary alicyclic amines) is 1. The molecule has 4 nitrogen and oxygen atoms in total. The second kappa shape index (κ2) is 8.11. The van der Waals surface area contributed by atoms with Gasteiger partial charge < -0.3 is 15.0 Å². The molecule has 0 saturated carbocycles. The fraction of sp³-hybridized carbons (Fsp3) is 0.381. The van der Waals surface area contributed by atoms with Crippen molar-refractivity contribution in [2.24, 2.45) is 11.8 Å². The molecule has 138 valence electrons. The van der Waals surface area contributed by atoms with Crippen LogP contribution in [-0.4, -0.2) is 43.1 Å². The van der Waals surface area contributed by atoms with Crippen LogP contribution in [0, 0.1) is 11.8 Å². The highest BCUT2D eigenvalue weighted by atomic mass is 35.5. The third kappa shape index (κ3) is 3.87. The first-order valence-corrected chi connectivity index (χ1v) is 9.02. The van der Waals surface area contributed by atoms with Gasteiger partial charge in [0.2, 0.25) is 0 Å². The van der Waals surface area contributed by atoms with E-state index in [4.69, 9.17) is 4.74 Å².